The zero-order valence-electron chi connectivity index (χ0n) is 13.2. The van der Waals surface area contributed by atoms with Gasteiger partial charge in [-0.3, -0.25) is 9.48 Å². The number of nitrogens with two attached hydrogens (primary N) is 1. The van der Waals surface area contributed by atoms with Crippen LogP contribution in [0.25, 0.3) is 11.0 Å². The van der Waals surface area contributed by atoms with Crippen molar-refractivity contribution in [1.29, 1.82) is 0 Å². The third-order valence-corrected chi connectivity index (χ3v) is 4.17. The summed E-state index contributed by atoms with van der Waals surface area (Å²) in [5.74, 6) is 0.517. The number of nitrogen functional groups attached to an aromatic ring is 1. The topological polar surface area (TPSA) is 102 Å². The minimum Gasteiger partial charge on any atom is -0.383 e. The van der Waals surface area contributed by atoms with Crippen LogP contribution in [0.4, 0.5) is 17.5 Å². The van der Waals surface area contributed by atoms with Gasteiger partial charge in [0.05, 0.1) is 23.8 Å². The van der Waals surface area contributed by atoms with Crippen LogP contribution >= 0.6 is 15.9 Å². The van der Waals surface area contributed by atoms with E-state index in [1.54, 1.807) is 29.9 Å². The number of likely N-dealkylation sites (N-methyl/N-ethyl adjacent to an activating group) is 1. The molecule has 0 aliphatic carbocycles. The monoisotopic (exact) mass is 389 g/mol. The highest BCUT2D eigenvalue weighted by Gasteiger charge is 2.15. The number of aromatic nitrogens is 4. The zero-order valence-corrected chi connectivity index (χ0v) is 14.8. The van der Waals surface area contributed by atoms with Gasteiger partial charge in [-0.05, 0) is 28.1 Å². The van der Waals surface area contributed by atoms with E-state index >= 15 is 0 Å². The summed E-state index contributed by atoms with van der Waals surface area (Å²) in [6.45, 7) is 0.0874. The van der Waals surface area contributed by atoms with Crippen molar-refractivity contribution in [2.75, 3.05) is 29.5 Å². The molecule has 3 aromatic rings. The number of nitrogens with one attached hydrogen (secondary N) is 1. The van der Waals surface area contributed by atoms with Gasteiger partial charge in [-0.15, -0.1) is 0 Å². The second kappa shape index (κ2) is 6.44. The fraction of sp³-hybridized carbons (Fsp3) is 0.200. The Balaban J connectivity index is 1.77. The maximum absolute atomic E-state index is 12.2. The number of carbonyl (C=O) groups is 1. The van der Waals surface area contributed by atoms with Crippen molar-refractivity contribution in [2.45, 2.75) is 0 Å². The minimum absolute atomic E-state index is 0.0874. The van der Waals surface area contributed by atoms with E-state index < -0.39 is 0 Å². The highest BCUT2D eigenvalue weighted by molar-refractivity contribution is 9.10. The van der Waals surface area contributed by atoms with Gasteiger partial charge < -0.3 is 16.0 Å². The van der Waals surface area contributed by atoms with Crippen LogP contribution in [0.1, 0.15) is 0 Å². The number of carbonyl (C=O) groups excluding carboxylic acids is 1. The molecule has 3 rings (SSSR count). The number of aryl methyl sites for hydroxylation is 1. The van der Waals surface area contributed by atoms with E-state index in [0.29, 0.717) is 28.5 Å². The van der Waals surface area contributed by atoms with Crippen LogP contribution in [0.2, 0.25) is 0 Å². The standard InChI is InChI=1S/C15H16BrN7O/c1-22(8-12(24)19-11-6-4-3-5-10(11)16)15-20-13(17)9-7-18-23(2)14(9)21-15/h3-7H,8H2,1-2H3,(H,19,24)(H2,17,20,21). The van der Waals surface area contributed by atoms with Gasteiger partial charge in [0.1, 0.15) is 5.82 Å². The summed E-state index contributed by atoms with van der Waals surface area (Å²) >= 11 is 3.40. The van der Waals surface area contributed by atoms with Crippen molar-refractivity contribution in [3.8, 4) is 0 Å². The number of para-hydroxylation sites is 1. The Kier molecular flexibility index (Phi) is 4.34. The Labute approximate surface area is 146 Å². The normalized spacial score (nSPS) is 10.8. The molecule has 1 amide bonds. The van der Waals surface area contributed by atoms with Gasteiger partial charge in [0, 0.05) is 18.6 Å². The molecule has 0 aliphatic rings. The quantitative estimate of drug-likeness (QED) is 0.704. The molecule has 9 heteroatoms. The molecule has 0 spiro atoms. The molecule has 8 nitrogen and oxygen atoms in total. The summed E-state index contributed by atoms with van der Waals surface area (Å²) in [7, 11) is 3.51. The highest BCUT2D eigenvalue weighted by atomic mass is 79.9. The summed E-state index contributed by atoms with van der Waals surface area (Å²) in [5, 5.41) is 7.64. The van der Waals surface area contributed by atoms with E-state index in [4.69, 9.17) is 5.73 Å². The highest BCUT2D eigenvalue weighted by Crippen LogP contribution is 2.22. The lowest BCUT2D eigenvalue weighted by atomic mass is 10.3. The molecular weight excluding hydrogens is 374 g/mol. The van der Waals surface area contributed by atoms with Crippen molar-refractivity contribution < 1.29 is 4.79 Å². The average molecular weight is 390 g/mol. The second-order valence-corrected chi connectivity index (χ2v) is 6.15. The van der Waals surface area contributed by atoms with Gasteiger partial charge in [-0.1, -0.05) is 12.1 Å². The molecule has 2 heterocycles. The van der Waals surface area contributed by atoms with E-state index in [1.807, 2.05) is 24.3 Å². The van der Waals surface area contributed by atoms with Crippen molar-refractivity contribution in [3.05, 3.63) is 34.9 Å². The molecule has 0 saturated carbocycles. The Morgan fingerprint density at radius 2 is 2.12 bits per heavy atom. The number of amides is 1. The molecule has 0 aliphatic heterocycles. The molecular formula is C15H16BrN7O. The molecule has 3 N–H and O–H groups in total. The Bertz CT molecular complexity index is 908. The van der Waals surface area contributed by atoms with Crippen LogP contribution in [-0.4, -0.2) is 39.2 Å². The maximum atomic E-state index is 12.2. The van der Waals surface area contributed by atoms with E-state index in [2.05, 4.69) is 36.3 Å². The third-order valence-electron chi connectivity index (χ3n) is 3.48. The predicted molar refractivity (Wildman–Crippen MR) is 96.8 cm³/mol. The fourth-order valence-corrected chi connectivity index (χ4v) is 2.63. The Hall–Kier alpha value is -2.68. The molecule has 0 bridgehead atoms. The predicted octanol–water partition coefficient (Wildman–Crippen LogP) is 1.78. The van der Waals surface area contributed by atoms with E-state index in [9.17, 15) is 4.79 Å². The van der Waals surface area contributed by atoms with Crippen molar-refractivity contribution >= 4 is 50.3 Å². The molecule has 0 fully saturated rings. The van der Waals surface area contributed by atoms with Gasteiger partial charge in [-0.25, -0.2) is 0 Å². The maximum Gasteiger partial charge on any atom is 0.244 e. The average Bonchev–Trinajstić information content (AvgIpc) is 2.91. The van der Waals surface area contributed by atoms with Gasteiger partial charge in [0.15, 0.2) is 5.65 Å². The van der Waals surface area contributed by atoms with Gasteiger partial charge in [-0.2, -0.15) is 15.1 Å². The number of hydrogen-bond donors (Lipinski definition) is 2. The summed E-state index contributed by atoms with van der Waals surface area (Å²) in [5.41, 5.74) is 7.27. The second-order valence-electron chi connectivity index (χ2n) is 5.30. The van der Waals surface area contributed by atoms with Crippen molar-refractivity contribution in [3.63, 3.8) is 0 Å². The van der Waals surface area contributed by atoms with Crippen LogP contribution < -0.4 is 16.0 Å². The number of halogens is 1. The molecule has 0 saturated heterocycles. The first kappa shape index (κ1) is 16.2. The van der Waals surface area contributed by atoms with Crippen molar-refractivity contribution in [1.82, 2.24) is 19.7 Å². The largest absolute Gasteiger partial charge is 0.383 e. The van der Waals surface area contributed by atoms with E-state index in [0.717, 1.165) is 4.47 Å². The Morgan fingerprint density at radius 3 is 2.88 bits per heavy atom. The van der Waals surface area contributed by atoms with Crippen molar-refractivity contribution in [2.24, 2.45) is 7.05 Å². The lowest BCUT2D eigenvalue weighted by Crippen LogP contribution is -2.31. The first-order chi connectivity index (χ1) is 11.5. The number of benzene rings is 1. The van der Waals surface area contributed by atoms with Crippen LogP contribution in [-0.2, 0) is 11.8 Å². The van der Waals surface area contributed by atoms with Gasteiger partial charge >= 0.3 is 0 Å². The number of nitrogens with zero attached hydrogens (tertiary/aromatic N) is 5. The Morgan fingerprint density at radius 1 is 1.38 bits per heavy atom. The summed E-state index contributed by atoms with van der Waals surface area (Å²) < 4.78 is 2.43. The van der Waals surface area contributed by atoms with Gasteiger partial charge in [0.2, 0.25) is 11.9 Å². The third kappa shape index (κ3) is 3.16. The zero-order chi connectivity index (χ0) is 17.3. The summed E-state index contributed by atoms with van der Waals surface area (Å²) in [6.07, 6.45) is 1.62. The number of anilines is 3. The molecule has 0 atom stereocenters. The number of hydrogen-bond acceptors (Lipinski definition) is 6. The number of rotatable bonds is 4. The van der Waals surface area contributed by atoms with E-state index in [-0.39, 0.29) is 12.5 Å². The molecule has 0 unspecified atom stereocenters. The summed E-state index contributed by atoms with van der Waals surface area (Å²) in [4.78, 5) is 22.5. The van der Waals surface area contributed by atoms with Gasteiger partial charge in [0.25, 0.3) is 0 Å². The first-order valence-corrected chi connectivity index (χ1v) is 7.95. The molecule has 124 valence electrons. The van der Waals surface area contributed by atoms with Crippen LogP contribution in [0.5, 0.6) is 0 Å². The molecule has 2 aromatic heterocycles. The molecule has 0 radical (unpaired) electrons. The van der Waals surface area contributed by atoms with E-state index in [1.165, 1.54) is 0 Å². The molecule has 24 heavy (non-hydrogen) atoms. The van der Waals surface area contributed by atoms with Crippen LogP contribution in [0, 0.1) is 0 Å². The smallest absolute Gasteiger partial charge is 0.244 e. The van der Waals surface area contributed by atoms with Crippen LogP contribution in [0.15, 0.2) is 34.9 Å². The molecule has 1 aromatic carbocycles. The summed E-state index contributed by atoms with van der Waals surface area (Å²) in [6, 6.07) is 7.41. The first-order valence-electron chi connectivity index (χ1n) is 7.16. The lowest BCUT2D eigenvalue weighted by Gasteiger charge is -2.17. The fourth-order valence-electron chi connectivity index (χ4n) is 2.24. The van der Waals surface area contributed by atoms with Crippen LogP contribution in [0.3, 0.4) is 0 Å². The lowest BCUT2D eigenvalue weighted by molar-refractivity contribution is -0.114. The number of fused-ring (bicyclic) bond motifs is 1. The SMILES string of the molecule is CN(CC(=O)Nc1ccccc1Br)c1nc(N)c2cnn(C)c2n1. The minimum atomic E-state index is -0.184.